The monoisotopic (exact) mass is 314 g/mol. The van der Waals surface area contributed by atoms with Crippen LogP contribution in [0, 0.1) is 0 Å². The summed E-state index contributed by atoms with van der Waals surface area (Å²) in [5.74, 6) is 0.736. The number of ether oxygens (including phenoxy) is 2. The van der Waals surface area contributed by atoms with Gasteiger partial charge in [-0.1, -0.05) is 19.9 Å². The molecule has 0 fully saturated rings. The van der Waals surface area contributed by atoms with Gasteiger partial charge >= 0.3 is 10.2 Å². The number of nitrogens with zero attached hydrogens (tertiary/aromatic N) is 1. The molecule has 0 atom stereocenters. The van der Waals surface area contributed by atoms with Gasteiger partial charge in [-0.25, -0.2) is 0 Å². The molecule has 7 heteroatoms. The van der Waals surface area contributed by atoms with E-state index in [2.05, 4.69) is 18.6 Å². The number of benzene rings is 1. The molecular weight excluding hydrogens is 292 g/mol. The summed E-state index contributed by atoms with van der Waals surface area (Å²) in [4.78, 5) is 0. The number of methoxy groups -OCH3 is 1. The van der Waals surface area contributed by atoms with E-state index in [1.54, 1.807) is 12.1 Å². The quantitative estimate of drug-likeness (QED) is 0.866. The highest BCUT2D eigenvalue weighted by Gasteiger charge is 2.32. The average molecular weight is 314 g/mol. The highest BCUT2D eigenvalue weighted by atomic mass is 32.2. The molecule has 0 saturated carbocycles. The van der Waals surface area contributed by atoms with Crippen LogP contribution >= 0.6 is 0 Å². The van der Waals surface area contributed by atoms with Gasteiger partial charge in [-0.2, -0.15) is 12.7 Å². The van der Waals surface area contributed by atoms with E-state index in [0.717, 1.165) is 11.3 Å². The van der Waals surface area contributed by atoms with Crippen molar-refractivity contribution in [1.82, 2.24) is 4.31 Å². The number of hydrogen-bond acceptors (Lipinski definition) is 4. The molecule has 0 radical (unpaired) electrons. The van der Waals surface area contributed by atoms with E-state index < -0.39 is 10.2 Å². The number of anilines is 1. The molecule has 1 aliphatic heterocycles. The Morgan fingerprint density at radius 3 is 2.81 bits per heavy atom. The minimum Gasteiger partial charge on any atom is -0.492 e. The van der Waals surface area contributed by atoms with Crippen molar-refractivity contribution in [2.24, 2.45) is 0 Å². The Bertz CT molecular complexity index is 613. The Balaban J connectivity index is 2.14. The van der Waals surface area contributed by atoms with E-state index in [4.69, 9.17) is 9.47 Å². The Hall–Kier alpha value is -1.31. The zero-order valence-corrected chi connectivity index (χ0v) is 13.7. The number of likely N-dealkylation sites (N-methyl/N-ethyl adjacent to an activating group) is 1. The molecule has 0 saturated heterocycles. The fourth-order valence-electron chi connectivity index (χ4n) is 2.17. The van der Waals surface area contributed by atoms with E-state index in [-0.39, 0.29) is 5.41 Å². The molecule has 0 bridgehead atoms. The molecule has 1 heterocycles. The summed E-state index contributed by atoms with van der Waals surface area (Å²) in [5.41, 5.74) is 1.55. The number of rotatable bonds is 6. The summed E-state index contributed by atoms with van der Waals surface area (Å²) in [6, 6.07) is 5.40. The van der Waals surface area contributed by atoms with Crippen molar-refractivity contribution in [2.75, 3.05) is 38.6 Å². The summed E-state index contributed by atoms with van der Waals surface area (Å²) < 4.78 is 38.6. The van der Waals surface area contributed by atoms with E-state index in [1.807, 2.05) is 6.07 Å². The van der Waals surface area contributed by atoms with Gasteiger partial charge in [0.15, 0.2) is 0 Å². The SMILES string of the molecule is COCCN(C)S(=O)(=O)Nc1ccc2c(c1)OCC2(C)C. The lowest BCUT2D eigenvalue weighted by Gasteiger charge is -2.18. The van der Waals surface area contributed by atoms with Crippen LogP contribution in [0.25, 0.3) is 0 Å². The van der Waals surface area contributed by atoms with E-state index in [0.29, 0.717) is 25.4 Å². The van der Waals surface area contributed by atoms with Crippen molar-refractivity contribution in [3.8, 4) is 5.75 Å². The molecule has 1 N–H and O–H groups in total. The van der Waals surface area contributed by atoms with Gasteiger partial charge in [-0.3, -0.25) is 4.72 Å². The zero-order valence-electron chi connectivity index (χ0n) is 12.8. The second kappa shape index (κ2) is 5.82. The molecule has 118 valence electrons. The molecule has 0 aromatic heterocycles. The highest BCUT2D eigenvalue weighted by Crippen LogP contribution is 2.39. The summed E-state index contributed by atoms with van der Waals surface area (Å²) in [5, 5.41) is 0. The Morgan fingerprint density at radius 1 is 1.43 bits per heavy atom. The van der Waals surface area contributed by atoms with E-state index in [1.165, 1.54) is 18.5 Å². The smallest absolute Gasteiger partial charge is 0.301 e. The fraction of sp³-hybridized carbons (Fsp3) is 0.571. The topological polar surface area (TPSA) is 67.9 Å². The van der Waals surface area contributed by atoms with Gasteiger partial charge in [0.2, 0.25) is 0 Å². The van der Waals surface area contributed by atoms with Crippen molar-refractivity contribution in [1.29, 1.82) is 0 Å². The lowest BCUT2D eigenvalue weighted by atomic mass is 9.87. The van der Waals surface area contributed by atoms with Gasteiger partial charge in [0.05, 0.1) is 18.9 Å². The predicted molar refractivity (Wildman–Crippen MR) is 82.0 cm³/mol. The largest absolute Gasteiger partial charge is 0.492 e. The van der Waals surface area contributed by atoms with Crippen LogP contribution in [-0.2, 0) is 20.4 Å². The first-order valence-corrected chi connectivity index (χ1v) is 8.20. The van der Waals surface area contributed by atoms with Gasteiger partial charge in [0.25, 0.3) is 0 Å². The minimum atomic E-state index is -3.58. The van der Waals surface area contributed by atoms with Crippen molar-refractivity contribution >= 4 is 15.9 Å². The molecule has 1 aromatic rings. The number of hydrogen-bond donors (Lipinski definition) is 1. The highest BCUT2D eigenvalue weighted by molar-refractivity contribution is 7.90. The van der Waals surface area contributed by atoms with Gasteiger partial charge in [0, 0.05) is 37.7 Å². The number of nitrogens with one attached hydrogen (secondary N) is 1. The lowest BCUT2D eigenvalue weighted by Crippen LogP contribution is -2.34. The first-order chi connectivity index (χ1) is 9.76. The van der Waals surface area contributed by atoms with Gasteiger partial charge in [0.1, 0.15) is 5.75 Å². The van der Waals surface area contributed by atoms with Gasteiger partial charge in [-0.15, -0.1) is 0 Å². The zero-order chi connectivity index (χ0) is 15.7. The van der Waals surface area contributed by atoms with Crippen LogP contribution in [0.5, 0.6) is 5.75 Å². The van der Waals surface area contributed by atoms with Crippen molar-refractivity contribution in [2.45, 2.75) is 19.3 Å². The van der Waals surface area contributed by atoms with Crippen LogP contribution in [0.2, 0.25) is 0 Å². The molecule has 0 aliphatic carbocycles. The van der Waals surface area contributed by atoms with Crippen LogP contribution < -0.4 is 9.46 Å². The minimum absolute atomic E-state index is 0.0397. The molecule has 0 spiro atoms. The normalized spacial score (nSPS) is 16.6. The first-order valence-electron chi connectivity index (χ1n) is 6.76. The summed E-state index contributed by atoms with van der Waals surface area (Å²) >= 11 is 0. The van der Waals surface area contributed by atoms with Crippen LogP contribution in [0.4, 0.5) is 5.69 Å². The first kappa shape index (κ1) is 16.1. The van der Waals surface area contributed by atoms with Gasteiger partial charge in [-0.05, 0) is 6.07 Å². The fourth-order valence-corrected chi connectivity index (χ4v) is 3.06. The van der Waals surface area contributed by atoms with Crippen molar-refractivity contribution in [3.05, 3.63) is 23.8 Å². The molecule has 1 aliphatic rings. The molecule has 1 aromatic carbocycles. The standard InChI is InChI=1S/C14H22N2O4S/c1-14(2)10-20-13-9-11(5-6-12(13)14)15-21(17,18)16(3)7-8-19-4/h5-6,9,15H,7-8,10H2,1-4H3. The Labute approximate surface area is 126 Å². The molecule has 21 heavy (non-hydrogen) atoms. The average Bonchev–Trinajstić information content (AvgIpc) is 2.71. The maximum atomic E-state index is 12.2. The lowest BCUT2D eigenvalue weighted by molar-refractivity contribution is 0.185. The third-order valence-corrected chi connectivity index (χ3v) is 5.06. The maximum absolute atomic E-state index is 12.2. The van der Waals surface area contributed by atoms with E-state index in [9.17, 15) is 8.42 Å². The molecule has 0 amide bonds. The Morgan fingerprint density at radius 2 is 2.14 bits per heavy atom. The maximum Gasteiger partial charge on any atom is 0.301 e. The molecule has 0 unspecified atom stereocenters. The third-order valence-electron chi connectivity index (χ3n) is 3.57. The third kappa shape index (κ3) is 3.48. The van der Waals surface area contributed by atoms with Crippen LogP contribution in [0.1, 0.15) is 19.4 Å². The van der Waals surface area contributed by atoms with E-state index >= 15 is 0 Å². The van der Waals surface area contributed by atoms with Crippen molar-refractivity contribution < 1.29 is 17.9 Å². The second-order valence-corrected chi connectivity index (χ2v) is 7.58. The summed E-state index contributed by atoms with van der Waals surface area (Å²) in [6.07, 6.45) is 0. The van der Waals surface area contributed by atoms with Gasteiger partial charge < -0.3 is 9.47 Å². The second-order valence-electron chi connectivity index (χ2n) is 5.80. The Kier molecular flexibility index (Phi) is 4.46. The van der Waals surface area contributed by atoms with Crippen molar-refractivity contribution in [3.63, 3.8) is 0 Å². The summed E-state index contributed by atoms with van der Waals surface area (Å²) in [7, 11) is -0.541. The molecule has 2 rings (SSSR count). The molecule has 6 nitrogen and oxygen atoms in total. The van der Waals surface area contributed by atoms with Crippen LogP contribution in [-0.4, -0.2) is 46.6 Å². The van der Waals surface area contributed by atoms with Crippen LogP contribution in [0.15, 0.2) is 18.2 Å². The molecular formula is C14H22N2O4S. The number of fused-ring (bicyclic) bond motifs is 1. The summed E-state index contributed by atoms with van der Waals surface area (Å²) in [6.45, 7) is 5.44. The predicted octanol–water partition coefficient (Wildman–Crippen LogP) is 1.59. The van der Waals surface area contributed by atoms with Crippen LogP contribution in [0.3, 0.4) is 0 Å².